The summed E-state index contributed by atoms with van der Waals surface area (Å²) in [7, 11) is -1.43. The maximum atomic E-state index is 11.4. The average Bonchev–Trinajstić information content (AvgIpc) is 2.57. The predicted octanol–water partition coefficient (Wildman–Crippen LogP) is 1.53. The molecule has 0 aromatic carbocycles. The molecule has 0 radical (unpaired) electrons. The number of sulfonamides is 1. The minimum atomic E-state index is -3.04. The standard InChI is InChI=1S/C8H13NO2S2/c1-3-13(10,11)9(2)6-8-4-5-12-7-8/h4-5,7H,3,6H2,1-2H3. The van der Waals surface area contributed by atoms with Crippen molar-refractivity contribution in [3.8, 4) is 0 Å². The lowest BCUT2D eigenvalue weighted by atomic mass is 10.3. The van der Waals surface area contributed by atoms with Crippen LogP contribution in [0.1, 0.15) is 12.5 Å². The molecule has 0 saturated carbocycles. The Morgan fingerprint density at radius 3 is 2.69 bits per heavy atom. The maximum absolute atomic E-state index is 11.4. The van der Waals surface area contributed by atoms with Crippen LogP contribution in [0.3, 0.4) is 0 Å². The lowest BCUT2D eigenvalue weighted by Crippen LogP contribution is -2.27. The molecule has 0 unspecified atom stereocenters. The van der Waals surface area contributed by atoms with E-state index in [9.17, 15) is 8.42 Å². The highest BCUT2D eigenvalue weighted by Gasteiger charge is 2.14. The molecule has 0 spiro atoms. The first-order valence-electron chi connectivity index (χ1n) is 4.01. The Morgan fingerprint density at radius 2 is 2.23 bits per heavy atom. The Labute approximate surface area is 83.1 Å². The van der Waals surface area contributed by atoms with Gasteiger partial charge >= 0.3 is 0 Å². The van der Waals surface area contributed by atoms with Crippen LogP contribution in [0.15, 0.2) is 16.8 Å². The van der Waals surface area contributed by atoms with Gasteiger partial charge in [-0.1, -0.05) is 0 Å². The molecule has 0 N–H and O–H groups in total. The minimum Gasteiger partial charge on any atom is -0.212 e. The Morgan fingerprint density at radius 1 is 1.54 bits per heavy atom. The highest BCUT2D eigenvalue weighted by molar-refractivity contribution is 7.89. The van der Waals surface area contributed by atoms with Crippen LogP contribution < -0.4 is 0 Å². The van der Waals surface area contributed by atoms with Crippen LogP contribution in [0.2, 0.25) is 0 Å². The fourth-order valence-electron chi connectivity index (χ4n) is 0.958. The normalized spacial score (nSPS) is 12.2. The summed E-state index contributed by atoms with van der Waals surface area (Å²) in [4.78, 5) is 0. The average molecular weight is 219 g/mol. The van der Waals surface area contributed by atoms with Crippen LogP contribution in [-0.2, 0) is 16.6 Å². The van der Waals surface area contributed by atoms with Gasteiger partial charge < -0.3 is 0 Å². The smallest absolute Gasteiger partial charge is 0.212 e. The van der Waals surface area contributed by atoms with E-state index in [0.717, 1.165) is 5.56 Å². The summed E-state index contributed by atoms with van der Waals surface area (Å²) in [6, 6.07) is 1.94. The summed E-state index contributed by atoms with van der Waals surface area (Å²) in [6.07, 6.45) is 0. The zero-order valence-electron chi connectivity index (χ0n) is 7.73. The van der Waals surface area contributed by atoms with Crippen LogP contribution in [0.25, 0.3) is 0 Å². The molecule has 0 fully saturated rings. The second-order valence-electron chi connectivity index (χ2n) is 2.79. The van der Waals surface area contributed by atoms with Gasteiger partial charge in [0.1, 0.15) is 0 Å². The van der Waals surface area contributed by atoms with Gasteiger partial charge in [0.2, 0.25) is 10.0 Å². The molecule has 0 aliphatic carbocycles. The molecule has 0 aliphatic rings. The maximum Gasteiger partial charge on any atom is 0.213 e. The molecule has 0 aliphatic heterocycles. The molecule has 0 saturated heterocycles. The van der Waals surface area contributed by atoms with E-state index in [4.69, 9.17) is 0 Å². The van der Waals surface area contributed by atoms with Gasteiger partial charge in [-0.2, -0.15) is 11.3 Å². The van der Waals surface area contributed by atoms with Crippen molar-refractivity contribution in [3.05, 3.63) is 22.4 Å². The molecule has 5 heteroatoms. The fourth-order valence-corrected chi connectivity index (χ4v) is 2.40. The Balaban J connectivity index is 2.66. The molecule has 3 nitrogen and oxygen atoms in total. The molecule has 74 valence electrons. The van der Waals surface area contributed by atoms with Crippen molar-refractivity contribution in [1.82, 2.24) is 4.31 Å². The fraction of sp³-hybridized carbons (Fsp3) is 0.500. The lowest BCUT2D eigenvalue weighted by Gasteiger charge is -2.14. The zero-order chi connectivity index (χ0) is 9.90. The van der Waals surface area contributed by atoms with Gasteiger partial charge in [0.15, 0.2) is 0 Å². The number of hydrogen-bond donors (Lipinski definition) is 0. The highest BCUT2D eigenvalue weighted by atomic mass is 32.2. The topological polar surface area (TPSA) is 37.4 Å². The second-order valence-corrected chi connectivity index (χ2v) is 5.93. The van der Waals surface area contributed by atoms with E-state index >= 15 is 0 Å². The zero-order valence-corrected chi connectivity index (χ0v) is 9.36. The van der Waals surface area contributed by atoms with Gasteiger partial charge in [-0.3, -0.25) is 0 Å². The monoisotopic (exact) mass is 219 g/mol. The van der Waals surface area contributed by atoms with Crippen molar-refractivity contribution in [2.45, 2.75) is 13.5 Å². The van der Waals surface area contributed by atoms with Crippen LogP contribution >= 0.6 is 11.3 Å². The molecule has 0 atom stereocenters. The summed E-state index contributed by atoms with van der Waals surface area (Å²) in [5.41, 5.74) is 1.05. The van der Waals surface area contributed by atoms with E-state index in [-0.39, 0.29) is 5.75 Å². The van der Waals surface area contributed by atoms with Gasteiger partial charge in [0.05, 0.1) is 5.75 Å². The van der Waals surface area contributed by atoms with Gasteiger partial charge in [0.25, 0.3) is 0 Å². The van der Waals surface area contributed by atoms with E-state index in [2.05, 4.69) is 0 Å². The molecule has 13 heavy (non-hydrogen) atoms. The Bertz CT molecular complexity index is 342. The van der Waals surface area contributed by atoms with Crippen LogP contribution in [0.5, 0.6) is 0 Å². The lowest BCUT2D eigenvalue weighted by molar-refractivity contribution is 0.468. The molecule has 0 amide bonds. The van der Waals surface area contributed by atoms with Gasteiger partial charge in [-0.25, -0.2) is 12.7 Å². The third kappa shape index (κ3) is 2.79. The predicted molar refractivity (Wildman–Crippen MR) is 55.2 cm³/mol. The first kappa shape index (κ1) is 10.7. The SMILES string of the molecule is CCS(=O)(=O)N(C)Cc1ccsc1. The largest absolute Gasteiger partial charge is 0.213 e. The van der Waals surface area contributed by atoms with Crippen molar-refractivity contribution in [2.75, 3.05) is 12.8 Å². The molecule has 1 rings (SSSR count). The third-order valence-electron chi connectivity index (χ3n) is 1.83. The first-order chi connectivity index (χ1) is 6.06. The second kappa shape index (κ2) is 4.21. The van der Waals surface area contributed by atoms with Crippen LogP contribution in [-0.4, -0.2) is 25.5 Å². The molecular formula is C8H13NO2S2. The highest BCUT2D eigenvalue weighted by Crippen LogP contribution is 2.10. The number of nitrogens with zero attached hydrogens (tertiary/aromatic N) is 1. The van der Waals surface area contributed by atoms with Crippen molar-refractivity contribution in [2.24, 2.45) is 0 Å². The van der Waals surface area contributed by atoms with Crippen molar-refractivity contribution in [1.29, 1.82) is 0 Å². The van der Waals surface area contributed by atoms with Crippen LogP contribution in [0, 0.1) is 0 Å². The van der Waals surface area contributed by atoms with Crippen molar-refractivity contribution in [3.63, 3.8) is 0 Å². The Kier molecular flexibility index (Phi) is 3.47. The van der Waals surface area contributed by atoms with Crippen LogP contribution in [0.4, 0.5) is 0 Å². The van der Waals surface area contributed by atoms with E-state index < -0.39 is 10.0 Å². The summed E-state index contributed by atoms with van der Waals surface area (Å²) in [6.45, 7) is 2.12. The molecule has 1 heterocycles. The number of rotatable bonds is 4. The Hall–Kier alpha value is -0.390. The quantitative estimate of drug-likeness (QED) is 0.770. The molecule has 1 aromatic heterocycles. The summed E-state index contributed by atoms with van der Waals surface area (Å²) < 4.78 is 24.1. The number of thiophene rings is 1. The summed E-state index contributed by atoms with van der Waals surface area (Å²) in [5.74, 6) is 0.160. The van der Waals surface area contributed by atoms with Crippen molar-refractivity contribution >= 4 is 21.4 Å². The van der Waals surface area contributed by atoms with E-state index in [1.165, 1.54) is 4.31 Å². The summed E-state index contributed by atoms with van der Waals surface area (Å²) in [5, 5.41) is 3.91. The summed E-state index contributed by atoms with van der Waals surface area (Å²) >= 11 is 1.58. The van der Waals surface area contributed by atoms with Gasteiger partial charge in [0, 0.05) is 13.6 Å². The van der Waals surface area contributed by atoms with E-state index in [0.29, 0.717) is 6.54 Å². The molecular weight excluding hydrogens is 206 g/mol. The number of hydrogen-bond acceptors (Lipinski definition) is 3. The van der Waals surface area contributed by atoms with Crippen molar-refractivity contribution < 1.29 is 8.42 Å². The molecule has 0 bridgehead atoms. The minimum absolute atomic E-state index is 0.160. The van der Waals surface area contributed by atoms with Gasteiger partial charge in [-0.05, 0) is 29.3 Å². The van der Waals surface area contributed by atoms with E-state index in [1.54, 1.807) is 25.3 Å². The van der Waals surface area contributed by atoms with E-state index in [1.807, 2.05) is 16.8 Å². The van der Waals surface area contributed by atoms with Gasteiger partial charge in [-0.15, -0.1) is 0 Å². The first-order valence-corrected chi connectivity index (χ1v) is 6.56. The molecule has 1 aromatic rings. The third-order valence-corrected chi connectivity index (χ3v) is 4.37.